The summed E-state index contributed by atoms with van der Waals surface area (Å²) in [6.45, 7) is 4.96. The zero-order chi connectivity index (χ0) is 25.6. The number of ketones is 1. The lowest BCUT2D eigenvalue weighted by Crippen LogP contribution is -2.48. The van der Waals surface area contributed by atoms with Crippen molar-refractivity contribution in [3.8, 4) is 0 Å². The summed E-state index contributed by atoms with van der Waals surface area (Å²) in [5.74, 6) is 3.49. The molecule has 0 saturated heterocycles. The zero-order valence-electron chi connectivity index (χ0n) is 22.0. The van der Waals surface area contributed by atoms with Crippen molar-refractivity contribution in [1.29, 1.82) is 0 Å². The Morgan fingerprint density at radius 2 is 1.83 bits per heavy atom. The van der Waals surface area contributed by atoms with E-state index in [0.717, 1.165) is 24.2 Å². The third-order valence-corrected chi connectivity index (χ3v) is 7.95. The van der Waals surface area contributed by atoms with Crippen molar-refractivity contribution in [2.24, 2.45) is 11.8 Å². The van der Waals surface area contributed by atoms with Crippen molar-refractivity contribution in [2.45, 2.75) is 89.5 Å². The summed E-state index contributed by atoms with van der Waals surface area (Å²) in [6.07, 6.45) is 11.3. The van der Waals surface area contributed by atoms with E-state index in [4.69, 9.17) is 4.42 Å². The highest BCUT2D eigenvalue weighted by Gasteiger charge is 2.22. The van der Waals surface area contributed by atoms with Crippen LogP contribution >= 0.6 is 11.8 Å². The molecule has 2 N–H and O–H groups in total. The van der Waals surface area contributed by atoms with E-state index in [1.165, 1.54) is 32.1 Å². The minimum atomic E-state index is -0.287. The first-order valence-corrected chi connectivity index (χ1v) is 14.8. The second kappa shape index (κ2) is 15.9. The van der Waals surface area contributed by atoms with Gasteiger partial charge in [0.15, 0.2) is 5.78 Å². The lowest BCUT2D eigenvalue weighted by Gasteiger charge is -2.26. The van der Waals surface area contributed by atoms with E-state index in [0.29, 0.717) is 42.7 Å². The third-order valence-electron chi connectivity index (χ3n) is 6.98. The minimum absolute atomic E-state index is 0.0192. The first-order chi connectivity index (χ1) is 17.5. The Labute approximate surface area is 221 Å². The molecule has 0 radical (unpaired) electrons. The molecule has 2 atom stereocenters. The summed E-state index contributed by atoms with van der Waals surface area (Å²) < 4.78 is 5.39. The van der Waals surface area contributed by atoms with Crippen LogP contribution in [0.2, 0.25) is 0 Å². The molecule has 1 aromatic heterocycles. The Balaban J connectivity index is 1.53. The highest BCUT2D eigenvalue weighted by atomic mass is 32.2. The first-order valence-electron chi connectivity index (χ1n) is 13.7. The smallest absolute Gasteiger partial charge is 0.220 e. The van der Waals surface area contributed by atoms with Gasteiger partial charge in [0.1, 0.15) is 5.76 Å². The quantitative estimate of drug-likeness (QED) is 0.281. The monoisotopic (exact) mass is 512 g/mol. The molecule has 1 saturated carbocycles. The van der Waals surface area contributed by atoms with Gasteiger partial charge in [0.25, 0.3) is 0 Å². The number of thioether (sulfide) groups is 1. The van der Waals surface area contributed by atoms with Gasteiger partial charge in [0.05, 0.1) is 23.8 Å². The van der Waals surface area contributed by atoms with Gasteiger partial charge in [0, 0.05) is 19.0 Å². The summed E-state index contributed by atoms with van der Waals surface area (Å²) in [5.41, 5.74) is 1.14. The Bertz CT molecular complexity index is 879. The minimum Gasteiger partial charge on any atom is -0.468 e. The van der Waals surface area contributed by atoms with E-state index in [-0.39, 0.29) is 23.8 Å². The van der Waals surface area contributed by atoms with Crippen molar-refractivity contribution in [3.05, 3.63) is 60.1 Å². The molecule has 5 nitrogen and oxygen atoms in total. The summed E-state index contributed by atoms with van der Waals surface area (Å²) in [6, 6.07) is 13.7. The first kappa shape index (κ1) is 28.5. The summed E-state index contributed by atoms with van der Waals surface area (Å²) in [7, 11) is 0. The zero-order valence-corrected chi connectivity index (χ0v) is 22.9. The summed E-state index contributed by atoms with van der Waals surface area (Å²) in [5, 5.41) is 6.80. The predicted molar refractivity (Wildman–Crippen MR) is 149 cm³/mol. The molecule has 2 aromatic rings. The number of amides is 1. The van der Waals surface area contributed by atoms with Crippen molar-refractivity contribution in [1.82, 2.24) is 10.6 Å². The van der Waals surface area contributed by atoms with Gasteiger partial charge in [-0.25, -0.2) is 0 Å². The molecule has 1 heterocycles. The summed E-state index contributed by atoms with van der Waals surface area (Å²) in [4.78, 5) is 26.0. The number of nitrogens with one attached hydrogen (secondary N) is 2. The van der Waals surface area contributed by atoms with Crippen molar-refractivity contribution in [2.75, 3.05) is 12.3 Å². The number of hydrogen-bond acceptors (Lipinski definition) is 5. The van der Waals surface area contributed by atoms with Crippen LogP contribution in [-0.2, 0) is 21.8 Å². The fraction of sp³-hybridized carbons (Fsp3) is 0.600. The van der Waals surface area contributed by atoms with Crippen LogP contribution in [0.4, 0.5) is 0 Å². The maximum absolute atomic E-state index is 13.2. The second-order valence-corrected chi connectivity index (χ2v) is 11.6. The van der Waals surface area contributed by atoms with Gasteiger partial charge >= 0.3 is 0 Å². The van der Waals surface area contributed by atoms with Gasteiger partial charge < -0.3 is 15.1 Å². The topological polar surface area (TPSA) is 71.3 Å². The number of carbonyl (C=O) groups is 2. The number of benzene rings is 1. The maximum Gasteiger partial charge on any atom is 0.220 e. The van der Waals surface area contributed by atoms with Crippen molar-refractivity contribution < 1.29 is 14.0 Å². The van der Waals surface area contributed by atoms with E-state index < -0.39 is 0 Å². The van der Waals surface area contributed by atoms with Gasteiger partial charge in [-0.1, -0.05) is 76.3 Å². The number of carbonyl (C=O) groups excluding carboxylic acids is 2. The number of rotatable bonds is 16. The van der Waals surface area contributed by atoms with E-state index in [1.807, 2.05) is 30.3 Å². The van der Waals surface area contributed by atoms with Gasteiger partial charge in [-0.2, -0.15) is 0 Å². The Morgan fingerprint density at radius 1 is 1.06 bits per heavy atom. The molecule has 3 rings (SSSR count). The predicted octanol–water partition coefficient (Wildman–Crippen LogP) is 6.17. The van der Waals surface area contributed by atoms with Crippen LogP contribution in [0, 0.1) is 11.8 Å². The molecule has 1 aliphatic carbocycles. The van der Waals surface area contributed by atoms with Crippen LogP contribution in [0.25, 0.3) is 0 Å². The number of hydrogen-bond donors (Lipinski definition) is 2. The van der Waals surface area contributed by atoms with Crippen LogP contribution in [0.1, 0.15) is 76.5 Å². The van der Waals surface area contributed by atoms with Crippen LogP contribution in [0.3, 0.4) is 0 Å². The van der Waals surface area contributed by atoms with Gasteiger partial charge in [-0.3, -0.25) is 9.59 Å². The second-order valence-electron chi connectivity index (χ2n) is 10.6. The Morgan fingerprint density at radius 3 is 2.53 bits per heavy atom. The molecule has 198 valence electrons. The third kappa shape index (κ3) is 10.9. The molecule has 1 aromatic carbocycles. The molecule has 6 heteroatoms. The molecule has 1 amide bonds. The lowest BCUT2D eigenvalue weighted by molar-refractivity contribution is -0.122. The van der Waals surface area contributed by atoms with Gasteiger partial charge in [-0.05, 0) is 48.8 Å². The SMILES string of the molecule is CC(C)CC(CNC(Cc1ccccc1)C(=O)CSCc1ccco1)NC(=O)CCC1CCCCC1. The maximum atomic E-state index is 13.2. The Kier molecular flexibility index (Phi) is 12.6. The fourth-order valence-electron chi connectivity index (χ4n) is 5.05. The molecule has 36 heavy (non-hydrogen) atoms. The normalized spacial score (nSPS) is 16.1. The van der Waals surface area contributed by atoms with E-state index in [2.05, 4.69) is 36.6 Å². The molecule has 0 bridgehead atoms. The highest BCUT2D eigenvalue weighted by molar-refractivity contribution is 7.99. The van der Waals surface area contributed by atoms with Crippen LogP contribution in [-0.4, -0.2) is 36.1 Å². The van der Waals surface area contributed by atoms with Crippen molar-refractivity contribution >= 4 is 23.5 Å². The average Bonchev–Trinajstić information content (AvgIpc) is 3.39. The van der Waals surface area contributed by atoms with E-state index in [1.54, 1.807) is 18.0 Å². The van der Waals surface area contributed by atoms with Crippen LogP contribution in [0.15, 0.2) is 53.1 Å². The Hall–Kier alpha value is -2.05. The van der Waals surface area contributed by atoms with Gasteiger partial charge in [-0.15, -0.1) is 11.8 Å². The molecular weight excluding hydrogens is 468 g/mol. The van der Waals surface area contributed by atoms with Gasteiger partial charge in [0.2, 0.25) is 5.91 Å². The van der Waals surface area contributed by atoms with Crippen LogP contribution in [0.5, 0.6) is 0 Å². The lowest BCUT2D eigenvalue weighted by atomic mass is 9.86. The average molecular weight is 513 g/mol. The van der Waals surface area contributed by atoms with E-state index in [9.17, 15) is 9.59 Å². The standard InChI is InChI=1S/C30H44N2O3S/c1-23(2)18-26(32-30(34)16-15-24-10-5-3-6-11-24)20-31-28(19-25-12-7-4-8-13-25)29(33)22-36-21-27-14-9-17-35-27/h4,7-9,12-14,17,23-24,26,28,31H,3,5-6,10-11,15-16,18-22H2,1-2H3,(H,32,34). The molecule has 1 aliphatic rings. The highest BCUT2D eigenvalue weighted by Crippen LogP contribution is 2.27. The largest absolute Gasteiger partial charge is 0.468 e. The van der Waals surface area contributed by atoms with Crippen molar-refractivity contribution in [3.63, 3.8) is 0 Å². The fourth-order valence-corrected chi connectivity index (χ4v) is 5.92. The molecular formula is C30H44N2O3S. The molecule has 2 unspecified atom stereocenters. The number of furan rings is 1. The number of Topliss-reactive ketones (excluding diaryl/α,β-unsaturated/α-hetero) is 1. The molecule has 1 fully saturated rings. The molecule has 0 aliphatic heterocycles. The van der Waals surface area contributed by atoms with Crippen LogP contribution < -0.4 is 10.6 Å². The molecule has 0 spiro atoms. The van der Waals surface area contributed by atoms with E-state index >= 15 is 0 Å². The summed E-state index contributed by atoms with van der Waals surface area (Å²) >= 11 is 1.58.